The number of carbonyl (C=O) groups excluding carboxylic acids is 2. The zero-order chi connectivity index (χ0) is 42.6. The van der Waals surface area contributed by atoms with E-state index in [4.69, 9.17) is 19.1 Å². The molecule has 2 unspecified atom stereocenters. The highest BCUT2D eigenvalue weighted by molar-refractivity contribution is 7.47. The molecule has 0 fully saturated rings. The molecule has 0 heterocycles. The lowest BCUT2D eigenvalue weighted by Crippen LogP contribution is -2.29. The Labute approximate surface area is 351 Å². The fraction of sp³-hybridized carbons (Fsp3) is 0.660. The molecule has 0 aromatic rings. The highest BCUT2D eigenvalue weighted by Gasteiger charge is 2.27. The van der Waals surface area contributed by atoms with Crippen LogP contribution in [0.2, 0.25) is 0 Å². The molecule has 0 aliphatic carbocycles. The van der Waals surface area contributed by atoms with Crippen LogP contribution in [0.25, 0.3) is 0 Å². The summed E-state index contributed by atoms with van der Waals surface area (Å²) in [5.74, 6) is -0.984. The summed E-state index contributed by atoms with van der Waals surface area (Å²) in [4.78, 5) is 35.0. The van der Waals surface area contributed by atoms with E-state index < -0.39 is 51.8 Å². The Morgan fingerprint density at radius 1 is 0.552 bits per heavy atom. The topological polar surface area (TPSA) is 149 Å². The molecule has 3 atom stereocenters. The van der Waals surface area contributed by atoms with Gasteiger partial charge in [0.25, 0.3) is 0 Å². The number of carbonyl (C=O) groups is 2. The molecule has 11 heteroatoms. The maximum absolute atomic E-state index is 12.6. The van der Waals surface area contributed by atoms with Gasteiger partial charge in [-0.1, -0.05) is 163 Å². The predicted octanol–water partition coefficient (Wildman–Crippen LogP) is 11.8. The van der Waals surface area contributed by atoms with E-state index in [1.165, 1.54) is 57.8 Å². The van der Waals surface area contributed by atoms with E-state index in [0.717, 1.165) is 64.2 Å². The van der Waals surface area contributed by atoms with Crippen LogP contribution in [-0.2, 0) is 32.7 Å². The van der Waals surface area contributed by atoms with Crippen LogP contribution in [0.5, 0.6) is 0 Å². The van der Waals surface area contributed by atoms with Crippen molar-refractivity contribution >= 4 is 19.8 Å². The highest BCUT2D eigenvalue weighted by atomic mass is 31.2. The van der Waals surface area contributed by atoms with Gasteiger partial charge in [-0.05, 0) is 70.6 Å². The highest BCUT2D eigenvalue weighted by Crippen LogP contribution is 2.43. The van der Waals surface area contributed by atoms with Crippen molar-refractivity contribution in [2.75, 3.05) is 26.4 Å². The molecule has 10 nitrogen and oxygen atoms in total. The van der Waals surface area contributed by atoms with Crippen molar-refractivity contribution in [2.24, 2.45) is 0 Å². The molecule has 0 aliphatic heterocycles. The number of esters is 2. The van der Waals surface area contributed by atoms with Crippen molar-refractivity contribution in [2.45, 2.75) is 174 Å². The average molecular weight is 835 g/mol. The van der Waals surface area contributed by atoms with Crippen LogP contribution >= 0.6 is 7.82 Å². The van der Waals surface area contributed by atoms with Crippen molar-refractivity contribution in [3.63, 3.8) is 0 Å². The number of aliphatic hydroxyl groups is 2. The third kappa shape index (κ3) is 41.3. The number of phosphoric ester groups is 1. The second-order valence-corrected chi connectivity index (χ2v) is 15.9. The Morgan fingerprint density at radius 3 is 1.60 bits per heavy atom. The average Bonchev–Trinajstić information content (AvgIpc) is 3.21. The minimum absolute atomic E-state index is 0.132. The first kappa shape index (κ1) is 55.2. The number of rotatable bonds is 40. The number of hydrogen-bond donors (Lipinski definition) is 3. The Hall–Kier alpha value is -2.85. The van der Waals surface area contributed by atoms with E-state index in [9.17, 15) is 24.2 Å². The van der Waals surface area contributed by atoms with Gasteiger partial charge in [-0.2, -0.15) is 0 Å². The molecular formula is C47H79O10P. The molecule has 0 radical (unpaired) electrons. The summed E-state index contributed by atoms with van der Waals surface area (Å²) < 4.78 is 32.7. The van der Waals surface area contributed by atoms with Gasteiger partial charge in [0.2, 0.25) is 0 Å². The van der Waals surface area contributed by atoms with Crippen LogP contribution in [0.3, 0.4) is 0 Å². The Balaban J connectivity index is 4.29. The normalized spacial score (nSPS) is 14.6. The number of unbranched alkanes of at least 4 members (excludes halogenated alkanes) is 15. The van der Waals surface area contributed by atoms with Crippen molar-refractivity contribution in [1.29, 1.82) is 0 Å². The lowest BCUT2D eigenvalue weighted by atomic mass is 10.1. The van der Waals surface area contributed by atoms with Gasteiger partial charge in [0.15, 0.2) is 6.10 Å². The summed E-state index contributed by atoms with van der Waals surface area (Å²) >= 11 is 0. The van der Waals surface area contributed by atoms with Gasteiger partial charge < -0.3 is 24.6 Å². The third-order valence-electron chi connectivity index (χ3n) is 8.88. The van der Waals surface area contributed by atoms with Gasteiger partial charge in [0.1, 0.15) is 12.7 Å². The molecule has 0 aliphatic rings. The number of ether oxygens (including phenoxy) is 2. The lowest BCUT2D eigenvalue weighted by Gasteiger charge is -2.20. The third-order valence-corrected chi connectivity index (χ3v) is 9.83. The molecule has 0 amide bonds. The van der Waals surface area contributed by atoms with E-state index in [1.54, 1.807) is 0 Å². The fourth-order valence-corrected chi connectivity index (χ4v) is 6.27. The van der Waals surface area contributed by atoms with E-state index in [1.807, 2.05) is 36.5 Å². The number of hydrogen-bond acceptors (Lipinski definition) is 9. The van der Waals surface area contributed by atoms with Gasteiger partial charge in [-0.3, -0.25) is 18.6 Å². The molecule has 0 aromatic carbocycles. The molecule has 0 saturated carbocycles. The zero-order valence-electron chi connectivity index (χ0n) is 36.0. The first-order valence-electron chi connectivity index (χ1n) is 22.1. The summed E-state index contributed by atoms with van der Waals surface area (Å²) in [5, 5.41) is 18.3. The number of phosphoric acid groups is 1. The quantitative estimate of drug-likeness (QED) is 0.0179. The monoisotopic (exact) mass is 835 g/mol. The molecule has 0 spiro atoms. The number of allylic oxidation sites excluding steroid dienone is 14. The van der Waals surface area contributed by atoms with Crippen LogP contribution in [0.1, 0.15) is 162 Å². The van der Waals surface area contributed by atoms with Crippen LogP contribution in [0, 0.1) is 0 Å². The maximum Gasteiger partial charge on any atom is 0.472 e. The summed E-state index contributed by atoms with van der Waals surface area (Å²) in [5.41, 5.74) is 0. The standard InChI is InChI=1S/C47H79O10P/c1-3-5-7-9-11-13-15-17-18-19-20-21-22-23-24-25-27-28-30-32-34-36-38-46(50)54-42-45(43-56-58(52,53)55-41-44(49)40-48)57-47(51)39-37-35-33-31-29-26-16-14-12-10-8-6-4-2/h6,8,10-14,16-18,20-21,26,29,44-45,48-49H,3-5,7,9,15,19,22-25,27-28,30-43H2,1-2H3,(H,52,53)/b8-6+,12-10+,13-11+,16-14+,18-17+,21-20+,29-26+/t44-,45?/m1/s1. The molecule has 0 bridgehead atoms. The minimum Gasteiger partial charge on any atom is -0.462 e. The Bertz CT molecular complexity index is 1240. The maximum atomic E-state index is 12.6. The largest absolute Gasteiger partial charge is 0.472 e. The first-order valence-corrected chi connectivity index (χ1v) is 23.6. The van der Waals surface area contributed by atoms with Gasteiger partial charge >= 0.3 is 19.8 Å². The van der Waals surface area contributed by atoms with Gasteiger partial charge in [0, 0.05) is 12.8 Å². The minimum atomic E-state index is -4.63. The van der Waals surface area contributed by atoms with E-state index in [2.05, 4.69) is 67.0 Å². The van der Waals surface area contributed by atoms with E-state index in [-0.39, 0.29) is 19.4 Å². The summed E-state index contributed by atoms with van der Waals surface area (Å²) in [6.45, 7) is 2.14. The Kier molecular flexibility index (Phi) is 40.2. The van der Waals surface area contributed by atoms with Crippen molar-refractivity contribution in [3.05, 3.63) is 85.1 Å². The second kappa shape index (κ2) is 42.3. The molecular weight excluding hydrogens is 755 g/mol. The molecule has 332 valence electrons. The Morgan fingerprint density at radius 2 is 1.02 bits per heavy atom. The summed E-state index contributed by atoms with van der Waals surface area (Å²) in [6, 6.07) is 0. The second-order valence-electron chi connectivity index (χ2n) is 14.4. The van der Waals surface area contributed by atoms with Gasteiger partial charge in [0.05, 0.1) is 19.8 Å². The summed E-state index contributed by atoms with van der Waals surface area (Å²) in [7, 11) is -4.63. The predicted molar refractivity (Wildman–Crippen MR) is 237 cm³/mol. The summed E-state index contributed by atoms with van der Waals surface area (Å²) in [6.07, 6.45) is 49.8. The smallest absolute Gasteiger partial charge is 0.462 e. The van der Waals surface area contributed by atoms with Crippen LogP contribution in [-0.4, -0.2) is 65.7 Å². The van der Waals surface area contributed by atoms with Crippen LogP contribution in [0.4, 0.5) is 0 Å². The van der Waals surface area contributed by atoms with Crippen molar-refractivity contribution in [3.8, 4) is 0 Å². The molecule has 3 N–H and O–H groups in total. The van der Waals surface area contributed by atoms with Crippen LogP contribution in [0.15, 0.2) is 85.1 Å². The zero-order valence-corrected chi connectivity index (χ0v) is 36.9. The van der Waals surface area contributed by atoms with Gasteiger partial charge in [-0.15, -0.1) is 0 Å². The SMILES string of the molecule is CC/C=C/C=C/C=C/C=C/CCCCCC(=O)OC(COC(=O)CCCCCCCCCCC/C=C/C/C=C/C/C=C/CCCCC)COP(=O)(O)OC[C@H](O)CO. The van der Waals surface area contributed by atoms with E-state index in [0.29, 0.717) is 12.8 Å². The van der Waals surface area contributed by atoms with Gasteiger partial charge in [-0.25, -0.2) is 4.57 Å². The number of aliphatic hydroxyl groups excluding tert-OH is 2. The van der Waals surface area contributed by atoms with Crippen molar-refractivity contribution < 1.29 is 47.8 Å². The molecule has 0 saturated heterocycles. The fourth-order valence-electron chi connectivity index (χ4n) is 5.48. The lowest BCUT2D eigenvalue weighted by molar-refractivity contribution is -0.161. The molecule has 58 heavy (non-hydrogen) atoms. The van der Waals surface area contributed by atoms with E-state index >= 15 is 0 Å². The van der Waals surface area contributed by atoms with Crippen LogP contribution < -0.4 is 0 Å². The molecule has 0 rings (SSSR count). The molecule has 0 aromatic heterocycles. The van der Waals surface area contributed by atoms with Crippen molar-refractivity contribution in [1.82, 2.24) is 0 Å². The first-order chi connectivity index (χ1) is 28.2.